The van der Waals surface area contributed by atoms with E-state index in [9.17, 15) is 28.8 Å². The van der Waals surface area contributed by atoms with Gasteiger partial charge in [-0.25, -0.2) is 0 Å². The molecule has 2 aliphatic rings. The van der Waals surface area contributed by atoms with E-state index in [4.69, 9.17) is 18.9 Å². The number of hydrogen-bond donors (Lipinski definition) is 0. The molecule has 0 aromatic carbocycles. The lowest BCUT2D eigenvalue weighted by Gasteiger charge is -2.40. The summed E-state index contributed by atoms with van der Waals surface area (Å²) in [6, 6.07) is 0. The molecule has 0 aliphatic heterocycles. The maximum Gasteiger partial charge on any atom is 0.303 e. The molecule has 0 unspecified atom stereocenters. The summed E-state index contributed by atoms with van der Waals surface area (Å²) in [4.78, 5) is 76.4. The second-order valence-corrected chi connectivity index (χ2v) is 10.7. The third-order valence-corrected chi connectivity index (χ3v) is 6.78. The van der Waals surface area contributed by atoms with Crippen LogP contribution in [0, 0.1) is 17.3 Å². The minimum Gasteiger partial charge on any atom is -0.458 e. The van der Waals surface area contributed by atoms with Crippen molar-refractivity contribution in [3.8, 4) is 0 Å². The Balaban J connectivity index is 3.01. The lowest BCUT2D eigenvalue weighted by Crippen LogP contribution is -2.56. The van der Waals surface area contributed by atoms with Crippen LogP contribution in [0.1, 0.15) is 61.8 Å². The van der Waals surface area contributed by atoms with Crippen molar-refractivity contribution in [3.63, 3.8) is 0 Å². The Kier molecular flexibility index (Phi) is 8.91. The molecule has 10 heteroatoms. The summed E-state index contributed by atoms with van der Waals surface area (Å²) < 4.78 is 22.6. The molecule has 38 heavy (non-hydrogen) atoms. The lowest BCUT2D eigenvalue weighted by molar-refractivity contribution is -0.188. The lowest BCUT2D eigenvalue weighted by atomic mass is 9.74. The van der Waals surface area contributed by atoms with E-state index in [0.717, 1.165) is 27.7 Å². The molecule has 208 valence electrons. The van der Waals surface area contributed by atoms with Crippen LogP contribution in [0.25, 0.3) is 0 Å². The van der Waals surface area contributed by atoms with Crippen molar-refractivity contribution in [1.82, 2.24) is 0 Å². The van der Waals surface area contributed by atoms with Crippen LogP contribution >= 0.6 is 0 Å². The van der Waals surface area contributed by atoms with Crippen LogP contribution in [0.3, 0.4) is 0 Å². The van der Waals surface area contributed by atoms with Crippen LogP contribution < -0.4 is 0 Å². The van der Waals surface area contributed by atoms with E-state index in [1.165, 1.54) is 25.2 Å². The molecule has 2 rings (SSSR count). The van der Waals surface area contributed by atoms with Crippen LogP contribution in [0.2, 0.25) is 0 Å². The van der Waals surface area contributed by atoms with E-state index in [1.807, 2.05) is 0 Å². The van der Waals surface area contributed by atoms with Gasteiger partial charge in [0.2, 0.25) is 0 Å². The quantitative estimate of drug-likeness (QED) is 0.301. The van der Waals surface area contributed by atoms with Crippen molar-refractivity contribution >= 4 is 35.4 Å². The van der Waals surface area contributed by atoms with Crippen LogP contribution in [-0.4, -0.2) is 58.9 Å². The fraction of sp³-hybridized carbons (Fsp3) is 0.571. The summed E-state index contributed by atoms with van der Waals surface area (Å²) in [5.41, 5.74) is -4.68. The van der Waals surface area contributed by atoms with Gasteiger partial charge in [0, 0.05) is 45.4 Å². The first-order chi connectivity index (χ1) is 17.4. The number of ketones is 2. The molecule has 0 spiro atoms. The Morgan fingerprint density at radius 3 is 1.92 bits per heavy atom. The largest absolute Gasteiger partial charge is 0.458 e. The smallest absolute Gasteiger partial charge is 0.303 e. The molecule has 1 fully saturated rings. The second-order valence-electron chi connectivity index (χ2n) is 10.7. The van der Waals surface area contributed by atoms with Crippen molar-refractivity contribution in [1.29, 1.82) is 0 Å². The van der Waals surface area contributed by atoms with Crippen LogP contribution in [0.15, 0.2) is 36.5 Å². The average molecular weight is 533 g/mol. The third kappa shape index (κ3) is 6.28. The number of allylic oxidation sites excluding steroid dienone is 3. The Morgan fingerprint density at radius 2 is 1.42 bits per heavy atom. The summed E-state index contributed by atoms with van der Waals surface area (Å²) in [5, 5.41) is 0. The number of carbonyl (C=O) groups is 6. The molecule has 0 radical (unpaired) electrons. The Bertz CT molecular complexity index is 1110. The topological polar surface area (TPSA) is 139 Å². The highest BCUT2D eigenvalue weighted by Gasteiger charge is 2.71. The van der Waals surface area contributed by atoms with Crippen molar-refractivity contribution in [3.05, 3.63) is 36.5 Å². The van der Waals surface area contributed by atoms with Gasteiger partial charge in [0.15, 0.2) is 28.9 Å². The minimum atomic E-state index is -2.08. The molecule has 2 aliphatic carbocycles. The molecule has 0 N–H and O–H groups in total. The van der Waals surface area contributed by atoms with Crippen LogP contribution in [0.5, 0.6) is 0 Å². The highest BCUT2D eigenvalue weighted by atomic mass is 16.6. The fourth-order valence-corrected chi connectivity index (χ4v) is 5.22. The highest BCUT2D eigenvalue weighted by molar-refractivity contribution is 5.97. The van der Waals surface area contributed by atoms with Crippen molar-refractivity contribution < 1.29 is 47.7 Å². The number of hydrogen-bond acceptors (Lipinski definition) is 10. The number of carbonyl (C=O) groups excluding carboxylic acids is 6. The average Bonchev–Trinajstić information content (AvgIpc) is 2.98. The summed E-state index contributed by atoms with van der Waals surface area (Å²) in [5.74, 6) is -6.37. The first-order valence-corrected chi connectivity index (χ1v) is 12.2. The number of ether oxygens (including phenoxy) is 4. The monoisotopic (exact) mass is 532 g/mol. The zero-order valence-corrected chi connectivity index (χ0v) is 23.1. The van der Waals surface area contributed by atoms with E-state index in [0.29, 0.717) is 0 Å². The van der Waals surface area contributed by atoms with Gasteiger partial charge < -0.3 is 18.9 Å². The van der Waals surface area contributed by atoms with Crippen molar-refractivity contribution in [2.75, 3.05) is 0 Å². The van der Waals surface area contributed by atoms with Gasteiger partial charge in [0.25, 0.3) is 0 Å². The van der Waals surface area contributed by atoms with Gasteiger partial charge in [-0.05, 0) is 32.4 Å². The van der Waals surface area contributed by atoms with E-state index in [2.05, 4.69) is 6.58 Å². The first-order valence-electron chi connectivity index (χ1n) is 12.2. The van der Waals surface area contributed by atoms with E-state index < -0.39 is 76.7 Å². The molecule has 0 bridgehead atoms. The van der Waals surface area contributed by atoms with Gasteiger partial charge in [-0.15, -0.1) is 0 Å². The molecule has 0 amide bonds. The molecular formula is C28H36O10. The Labute approximate surface area is 222 Å². The number of fused-ring (bicyclic) bond motifs is 1. The van der Waals surface area contributed by atoms with E-state index in [-0.39, 0.29) is 11.4 Å². The second kappa shape index (κ2) is 11.0. The zero-order chi connectivity index (χ0) is 29.2. The van der Waals surface area contributed by atoms with Crippen LogP contribution in [0.4, 0.5) is 0 Å². The van der Waals surface area contributed by atoms with Gasteiger partial charge in [0.1, 0.15) is 6.10 Å². The fourth-order valence-electron chi connectivity index (χ4n) is 5.22. The predicted molar refractivity (Wildman–Crippen MR) is 134 cm³/mol. The van der Waals surface area contributed by atoms with Gasteiger partial charge in [-0.3, -0.25) is 28.8 Å². The normalized spacial score (nSPS) is 34.6. The van der Waals surface area contributed by atoms with Gasteiger partial charge in [-0.1, -0.05) is 31.7 Å². The first kappa shape index (κ1) is 30.7. The van der Waals surface area contributed by atoms with Gasteiger partial charge in [0.05, 0.1) is 5.92 Å². The minimum absolute atomic E-state index is 0.0695. The van der Waals surface area contributed by atoms with Crippen LogP contribution in [-0.2, 0) is 47.7 Å². The summed E-state index contributed by atoms with van der Waals surface area (Å²) in [6.45, 7) is 14.8. The highest BCUT2D eigenvalue weighted by Crippen LogP contribution is 2.53. The van der Waals surface area contributed by atoms with Crippen molar-refractivity contribution in [2.45, 2.75) is 85.2 Å². The van der Waals surface area contributed by atoms with Crippen molar-refractivity contribution in [2.24, 2.45) is 17.3 Å². The molecule has 0 heterocycles. The zero-order valence-electron chi connectivity index (χ0n) is 23.1. The van der Waals surface area contributed by atoms with E-state index >= 15 is 0 Å². The maximum absolute atomic E-state index is 14.3. The Hall–Kier alpha value is -3.56. The van der Waals surface area contributed by atoms with Gasteiger partial charge >= 0.3 is 23.9 Å². The number of esters is 4. The van der Waals surface area contributed by atoms with Gasteiger partial charge in [-0.2, -0.15) is 0 Å². The molecule has 10 nitrogen and oxygen atoms in total. The molecule has 0 aromatic rings. The molecule has 0 saturated heterocycles. The summed E-state index contributed by atoms with van der Waals surface area (Å²) in [7, 11) is 0. The SMILES string of the molecule is C=C1/C=C/C(=O)C(C)(C)/C=C/[C@@H](C)C(=O)[C@@]2(OC(C)=O)C[C@@](C)(OC(C)=O)[C@H](OC(C)=O)[C@@H]2[C@@H]1OC(C)=O. The summed E-state index contributed by atoms with van der Waals surface area (Å²) in [6.07, 6.45) is 2.49. The number of rotatable bonds is 4. The predicted octanol–water partition coefficient (Wildman–Crippen LogP) is 2.98. The standard InChI is InChI=1S/C28H36O10/c1-15-10-11-21(33)26(7,8)13-12-16(2)24(34)28(38-20(6)32)14-27(9,37-19(5)31)25(36-18(4)30)22(28)23(15)35-17(3)29/h10-13,16,22-23,25H,1,14H2,2-9H3/b11-10+,13-12+/t16-,22+,23-,25-,27-,28-/m1/s1. The molecular weight excluding hydrogens is 496 g/mol. The third-order valence-electron chi connectivity index (χ3n) is 6.78. The number of Topliss-reactive ketones (excluding diaryl/α,β-unsaturated/α-hetero) is 1. The molecule has 0 aromatic heterocycles. The maximum atomic E-state index is 14.3. The van der Waals surface area contributed by atoms with E-state index in [1.54, 1.807) is 26.8 Å². The molecule has 6 atom stereocenters. The Morgan fingerprint density at radius 1 is 0.868 bits per heavy atom. The summed E-state index contributed by atoms with van der Waals surface area (Å²) >= 11 is 0. The molecule has 1 saturated carbocycles.